The highest BCUT2D eigenvalue weighted by Crippen LogP contribution is 2.24. The van der Waals surface area contributed by atoms with Crippen molar-refractivity contribution < 1.29 is 14.3 Å². The molecule has 1 heterocycles. The van der Waals surface area contributed by atoms with E-state index < -0.39 is 0 Å². The fraction of sp³-hybridized carbons (Fsp3) is 0.417. The van der Waals surface area contributed by atoms with Gasteiger partial charge in [0.2, 0.25) is 5.91 Å². The fourth-order valence-corrected chi connectivity index (χ4v) is 3.62. The number of rotatable bonds is 10. The van der Waals surface area contributed by atoms with Gasteiger partial charge >= 0.3 is 0 Å². The molecule has 0 bridgehead atoms. The van der Waals surface area contributed by atoms with E-state index >= 15 is 0 Å². The number of nitrogens with zero attached hydrogens (tertiary/aromatic N) is 2. The maximum absolute atomic E-state index is 12.8. The second kappa shape index (κ2) is 10.8. The number of ether oxygens (including phenoxy) is 1. The maximum Gasteiger partial charge on any atom is 0.255 e. The molecule has 2 aromatic rings. The summed E-state index contributed by atoms with van der Waals surface area (Å²) in [5.41, 5.74) is 2.18. The van der Waals surface area contributed by atoms with Gasteiger partial charge in [-0.3, -0.25) is 9.59 Å². The third-order valence-corrected chi connectivity index (χ3v) is 5.43. The van der Waals surface area contributed by atoms with Crippen LogP contribution in [0.2, 0.25) is 0 Å². The molecule has 0 aliphatic carbocycles. The number of carbonyl (C=O) groups is 2. The number of carbonyl (C=O) groups excluding carboxylic acids is 2. The van der Waals surface area contributed by atoms with E-state index in [2.05, 4.69) is 24.1 Å². The topological polar surface area (TPSA) is 61.9 Å². The van der Waals surface area contributed by atoms with E-state index in [1.807, 2.05) is 47.4 Å². The molecule has 1 N–H and O–H groups in total. The average Bonchev–Trinajstić information content (AvgIpc) is 3.17. The van der Waals surface area contributed by atoms with Crippen LogP contribution in [0.5, 0.6) is 5.75 Å². The number of likely N-dealkylation sites (N-methyl/N-ethyl adjacent to an activating group) is 1. The summed E-state index contributed by atoms with van der Waals surface area (Å²) in [5, 5.41) is 2.96. The Morgan fingerprint density at radius 3 is 2.67 bits per heavy atom. The summed E-state index contributed by atoms with van der Waals surface area (Å²) in [6.45, 7) is 8.96. The molecule has 1 saturated heterocycles. The predicted molar refractivity (Wildman–Crippen MR) is 119 cm³/mol. The van der Waals surface area contributed by atoms with Gasteiger partial charge in [-0.2, -0.15) is 0 Å². The van der Waals surface area contributed by atoms with Gasteiger partial charge in [-0.1, -0.05) is 38.1 Å². The van der Waals surface area contributed by atoms with Crippen molar-refractivity contribution >= 4 is 17.5 Å². The SMILES string of the molecule is CCN(CC)CCOc1ccccc1NC(=O)c1cccc(CN2CCCC2=O)c1. The van der Waals surface area contributed by atoms with Crippen molar-refractivity contribution in [3.8, 4) is 5.75 Å². The quantitative estimate of drug-likeness (QED) is 0.649. The van der Waals surface area contributed by atoms with Crippen molar-refractivity contribution in [3.63, 3.8) is 0 Å². The molecule has 160 valence electrons. The fourth-order valence-electron chi connectivity index (χ4n) is 3.62. The molecule has 0 unspecified atom stereocenters. The Morgan fingerprint density at radius 1 is 1.13 bits per heavy atom. The highest BCUT2D eigenvalue weighted by Gasteiger charge is 2.20. The van der Waals surface area contributed by atoms with E-state index in [0.29, 0.717) is 36.6 Å². The summed E-state index contributed by atoms with van der Waals surface area (Å²) >= 11 is 0. The number of likely N-dealkylation sites (tertiary alicyclic amines) is 1. The van der Waals surface area contributed by atoms with Crippen LogP contribution >= 0.6 is 0 Å². The molecule has 0 radical (unpaired) electrons. The highest BCUT2D eigenvalue weighted by atomic mass is 16.5. The van der Waals surface area contributed by atoms with Crippen molar-refractivity contribution in [2.75, 3.05) is 38.1 Å². The Labute approximate surface area is 178 Å². The first-order valence-corrected chi connectivity index (χ1v) is 10.7. The van der Waals surface area contributed by atoms with Crippen molar-refractivity contribution in [2.45, 2.75) is 33.2 Å². The normalized spacial score (nSPS) is 13.7. The summed E-state index contributed by atoms with van der Waals surface area (Å²) in [5.74, 6) is 0.654. The van der Waals surface area contributed by atoms with Gasteiger partial charge in [0.1, 0.15) is 12.4 Å². The lowest BCUT2D eigenvalue weighted by Gasteiger charge is -2.19. The monoisotopic (exact) mass is 409 g/mol. The van der Waals surface area contributed by atoms with Crippen molar-refractivity contribution in [2.24, 2.45) is 0 Å². The minimum Gasteiger partial charge on any atom is -0.490 e. The molecule has 0 aromatic heterocycles. The van der Waals surface area contributed by atoms with Crippen LogP contribution in [0.4, 0.5) is 5.69 Å². The van der Waals surface area contributed by atoms with E-state index in [0.717, 1.165) is 38.2 Å². The van der Waals surface area contributed by atoms with Crippen LogP contribution in [0.15, 0.2) is 48.5 Å². The lowest BCUT2D eigenvalue weighted by molar-refractivity contribution is -0.128. The lowest BCUT2D eigenvalue weighted by Crippen LogP contribution is -2.28. The predicted octanol–water partition coefficient (Wildman–Crippen LogP) is 3.78. The smallest absolute Gasteiger partial charge is 0.255 e. The Hall–Kier alpha value is -2.86. The molecule has 2 amide bonds. The second-order valence-corrected chi connectivity index (χ2v) is 7.44. The van der Waals surface area contributed by atoms with Crippen LogP contribution in [0.25, 0.3) is 0 Å². The number of benzene rings is 2. The number of hydrogen-bond donors (Lipinski definition) is 1. The minimum atomic E-state index is -0.190. The second-order valence-electron chi connectivity index (χ2n) is 7.44. The van der Waals surface area contributed by atoms with Gasteiger partial charge in [-0.05, 0) is 49.3 Å². The molecule has 1 fully saturated rings. The molecule has 6 heteroatoms. The highest BCUT2D eigenvalue weighted by molar-refractivity contribution is 6.05. The van der Waals surface area contributed by atoms with Crippen LogP contribution in [0.3, 0.4) is 0 Å². The van der Waals surface area contributed by atoms with E-state index in [9.17, 15) is 9.59 Å². The molecule has 30 heavy (non-hydrogen) atoms. The van der Waals surface area contributed by atoms with E-state index in [4.69, 9.17) is 4.74 Å². The molecule has 6 nitrogen and oxygen atoms in total. The van der Waals surface area contributed by atoms with Crippen molar-refractivity contribution in [3.05, 3.63) is 59.7 Å². The minimum absolute atomic E-state index is 0.181. The molecule has 3 rings (SSSR count). The third kappa shape index (κ3) is 5.83. The number of amides is 2. The zero-order valence-corrected chi connectivity index (χ0v) is 17.9. The van der Waals surface area contributed by atoms with Crippen LogP contribution in [0, 0.1) is 0 Å². The summed E-state index contributed by atoms with van der Waals surface area (Å²) in [7, 11) is 0. The first-order valence-electron chi connectivity index (χ1n) is 10.7. The van der Waals surface area contributed by atoms with Gasteiger partial charge in [0.05, 0.1) is 5.69 Å². The largest absolute Gasteiger partial charge is 0.490 e. The zero-order valence-electron chi connectivity index (χ0n) is 17.9. The molecule has 0 spiro atoms. The Balaban J connectivity index is 1.63. The molecule has 1 aliphatic heterocycles. The molecule has 1 aliphatic rings. The Morgan fingerprint density at radius 2 is 1.93 bits per heavy atom. The molecular weight excluding hydrogens is 378 g/mol. The van der Waals surface area contributed by atoms with Gasteiger partial charge in [0, 0.05) is 31.6 Å². The Kier molecular flexibility index (Phi) is 7.85. The van der Waals surface area contributed by atoms with Crippen molar-refractivity contribution in [1.29, 1.82) is 0 Å². The summed E-state index contributed by atoms with van der Waals surface area (Å²) < 4.78 is 5.93. The van der Waals surface area contributed by atoms with Crippen molar-refractivity contribution in [1.82, 2.24) is 9.80 Å². The molecule has 0 atom stereocenters. The number of para-hydroxylation sites is 2. The summed E-state index contributed by atoms with van der Waals surface area (Å²) in [6, 6.07) is 14.9. The molecule has 0 saturated carbocycles. The van der Waals surface area contributed by atoms with Gasteiger partial charge in [0.25, 0.3) is 5.91 Å². The molecule has 2 aromatic carbocycles. The number of hydrogen-bond acceptors (Lipinski definition) is 4. The standard InChI is InChI=1S/C24H31N3O3/c1-3-26(4-2)15-16-30-22-12-6-5-11-21(22)25-24(29)20-10-7-9-19(17-20)18-27-14-8-13-23(27)28/h5-7,9-12,17H,3-4,8,13-16,18H2,1-2H3,(H,25,29). The van der Waals surface area contributed by atoms with E-state index in [1.165, 1.54) is 0 Å². The molecular formula is C24H31N3O3. The number of anilines is 1. The van der Waals surface area contributed by atoms with E-state index in [1.54, 1.807) is 6.07 Å². The maximum atomic E-state index is 12.8. The third-order valence-electron chi connectivity index (χ3n) is 5.43. The average molecular weight is 410 g/mol. The lowest BCUT2D eigenvalue weighted by atomic mass is 10.1. The van der Waals surface area contributed by atoms with Crippen LogP contribution in [-0.4, -0.2) is 54.4 Å². The summed E-state index contributed by atoms with van der Waals surface area (Å²) in [4.78, 5) is 28.8. The summed E-state index contributed by atoms with van der Waals surface area (Å²) in [6.07, 6.45) is 1.52. The van der Waals surface area contributed by atoms with Crippen LogP contribution in [0.1, 0.15) is 42.6 Å². The zero-order chi connectivity index (χ0) is 21.3. The first-order chi connectivity index (χ1) is 14.6. The van der Waals surface area contributed by atoms with E-state index in [-0.39, 0.29) is 11.8 Å². The Bertz CT molecular complexity index is 864. The van der Waals surface area contributed by atoms with Gasteiger partial charge in [-0.15, -0.1) is 0 Å². The van der Waals surface area contributed by atoms with Crippen LogP contribution in [-0.2, 0) is 11.3 Å². The first kappa shape index (κ1) is 21.8. The van der Waals surface area contributed by atoms with Gasteiger partial charge in [0.15, 0.2) is 0 Å². The van der Waals surface area contributed by atoms with Crippen LogP contribution < -0.4 is 10.1 Å². The van der Waals surface area contributed by atoms with Gasteiger partial charge in [-0.25, -0.2) is 0 Å². The number of nitrogens with one attached hydrogen (secondary N) is 1. The van der Waals surface area contributed by atoms with Gasteiger partial charge < -0.3 is 19.9 Å².